The Kier molecular flexibility index (Phi) is 3.98. The third-order valence-corrected chi connectivity index (χ3v) is 3.41. The number of carboxylic acid groups (broad SMARTS) is 1. The summed E-state index contributed by atoms with van der Waals surface area (Å²) in [6.07, 6.45) is -2.96. The highest BCUT2D eigenvalue weighted by atomic mass is 32.2. The van der Waals surface area contributed by atoms with E-state index in [9.17, 15) is 18.0 Å². The van der Waals surface area contributed by atoms with Crippen LogP contribution >= 0.6 is 11.8 Å². The van der Waals surface area contributed by atoms with Gasteiger partial charge in [0.15, 0.2) is 5.16 Å². The van der Waals surface area contributed by atoms with Crippen LogP contribution in [0.2, 0.25) is 0 Å². The third-order valence-electron chi connectivity index (χ3n) is 2.56. The first-order valence-corrected chi connectivity index (χ1v) is 6.65. The van der Waals surface area contributed by atoms with Gasteiger partial charge in [-0.1, -0.05) is 11.8 Å². The topological polar surface area (TPSA) is 63.1 Å². The highest BCUT2D eigenvalue weighted by Gasteiger charge is 2.35. The zero-order chi connectivity index (χ0) is 14.0. The Morgan fingerprint density at radius 2 is 2.11 bits per heavy atom. The van der Waals surface area contributed by atoms with Gasteiger partial charge in [-0.2, -0.15) is 13.2 Å². The molecular formula is C11H11F3N2O2S. The molecule has 0 spiro atoms. The Hall–Kier alpha value is -1.31. The number of alkyl halides is 3. The van der Waals surface area contributed by atoms with Gasteiger partial charge in [-0.3, -0.25) is 4.79 Å². The van der Waals surface area contributed by atoms with E-state index >= 15 is 0 Å². The Morgan fingerprint density at radius 1 is 1.42 bits per heavy atom. The number of hydrogen-bond acceptors (Lipinski definition) is 4. The second-order valence-electron chi connectivity index (χ2n) is 4.22. The number of carbonyl (C=O) groups is 1. The molecule has 1 heterocycles. The van der Waals surface area contributed by atoms with Gasteiger partial charge < -0.3 is 5.11 Å². The molecule has 1 fully saturated rings. The number of aromatic nitrogens is 2. The van der Waals surface area contributed by atoms with E-state index in [0.29, 0.717) is 5.69 Å². The number of rotatable bonds is 5. The molecule has 0 unspecified atom stereocenters. The lowest BCUT2D eigenvalue weighted by atomic mass is 10.2. The van der Waals surface area contributed by atoms with Gasteiger partial charge in [0.05, 0.1) is 6.42 Å². The fourth-order valence-corrected chi connectivity index (χ4v) is 2.26. The second-order valence-corrected chi connectivity index (χ2v) is 5.29. The van der Waals surface area contributed by atoms with Gasteiger partial charge in [0, 0.05) is 17.4 Å². The molecule has 104 valence electrons. The van der Waals surface area contributed by atoms with E-state index in [0.717, 1.165) is 30.7 Å². The molecule has 0 radical (unpaired) electrons. The molecule has 0 aromatic carbocycles. The summed E-state index contributed by atoms with van der Waals surface area (Å²) in [6.45, 7) is 0. The summed E-state index contributed by atoms with van der Waals surface area (Å²) in [5, 5.41) is 8.49. The molecule has 1 aromatic heterocycles. The Balaban J connectivity index is 2.17. The first-order chi connectivity index (χ1) is 8.86. The monoisotopic (exact) mass is 292 g/mol. The molecule has 0 amide bonds. The van der Waals surface area contributed by atoms with Gasteiger partial charge in [-0.05, 0) is 18.9 Å². The average molecular weight is 292 g/mol. The maximum Gasteiger partial charge on any atom is 0.433 e. The molecule has 1 aliphatic rings. The normalized spacial score (nSPS) is 15.5. The average Bonchev–Trinajstić information content (AvgIpc) is 3.10. The second kappa shape index (κ2) is 5.36. The van der Waals surface area contributed by atoms with Gasteiger partial charge in [-0.25, -0.2) is 9.97 Å². The lowest BCUT2D eigenvalue weighted by Crippen LogP contribution is -2.11. The quantitative estimate of drug-likeness (QED) is 0.667. The SMILES string of the molecule is O=C(O)CCSc1nc(C2CC2)cc(C(F)(F)F)n1. The lowest BCUT2D eigenvalue weighted by Gasteiger charge is -2.09. The molecule has 4 nitrogen and oxygen atoms in total. The molecule has 1 N–H and O–H groups in total. The van der Waals surface area contributed by atoms with Crippen molar-refractivity contribution in [2.45, 2.75) is 36.5 Å². The molecule has 1 aliphatic carbocycles. The van der Waals surface area contributed by atoms with Crippen LogP contribution in [0.5, 0.6) is 0 Å². The zero-order valence-corrected chi connectivity index (χ0v) is 10.6. The lowest BCUT2D eigenvalue weighted by molar-refractivity contribution is -0.141. The van der Waals surface area contributed by atoms with Gasteiger partial charge in [0.2, 0.25) is 0 Å². The van der Waals surface area contributed by atoms with E-state index in [1.807, 2.05) is 0 Å². The van der Waals surface area contributed by atoms with Gasteiger partial charge in [0.25, 0.3) is 0 Å². The smallest absolute Gasteiger partial charge is 0.433 e. The highest BCUT2D eigenvalue weighted by molar-refractivity contribution is 7.99. The number of carboxylic acids is 1. The fraction of sp³-hybridized carbons (Fsp3) is 0.545. The third kappa shape index (κ3) is 4.09. The maximum absolute atomic E-state index is 12.7. The first kappa shape index (κ1) is 14.1. The predicted molar refractivity (Wildman–Crippen MR) is 62.0 cm³/mol. The van der Waals surface area contributed by atoms with Crippen LogP contribution < -0.4 is 0 Å². The Bertz CT molecular complexity index is 489. The van der Waals surface area contributed by atoms with Crippen molar-refractivity contribution >= 4 is 17.7 Å². The van der Waals surface area contributed by atoms with Crippen molar-refractivity contribution in [1.82, 2.24) is 9.97 Å². The van der Waals surface area contributed by atoms with Crippen LogP contribution in [0.3, 0.4) is 0 Å². The Morgan fingerprint density at radius 3 is 2.63 bits per heavy atom. The van der Waals surface area contributed by atoms with Crippen molar-refractivity contribution in [2.75, 3.05) is 5.75 Å². The van der Waals surface area contributed by atoms with Crippen molar-refractivity contribution in [3.63, 3.8) is 0 Å². The van der Waals surface area contributed by atoms with Crippen LogP contribution in [0.1, 0.15) is 36.6 Å². The standard InChI is InChI=1S/C11H11F3N2O2S/c12-11(13,14)8-5-7(6-1-2-6)15-10(16-8)19-4-3-9(17)18/h5-6H,1-4H2,(H,17,18). The number of nitrogens with zero attached hydrogens (tertiary/aromatic N) is 2. The zero-order valence-electron chi connectivity index (χ0n) is 9.78. The van der Waals surface area contributed by atoms with Crippen molar-refractivity contribution in [3.8, 4) is 0 Å². The molecule has 8 heteroatoms. The minimum Gasteiger partial charge on any atom is -0.481 e. The van der Waals surface area contributed by atoms with E-state index in [2.05, 4.69) is 9.97 Å². The summed E-state index contributed by atoms with van der Waals surface area (Å²) in [4.78, 5) is 17.9. The number of aliphatic carboxylic acids is 1. The summed E-state index contributed by atoms with van der Waals surface area (Å²) < 4.78 is 38.1. The van der Waals surface area contributed by atoms with E-state index in [1.54, 1.807) is 0 Å². The van der Waals surface area contributed by atoms with E-state index in [4.69, 9.17) is 5.11 Å². The summed E-state index contributed by atoms with van der Waals surface area (Å²) >= 11 is 0.935. The van der Waals surface area contributed by atoms with Crippen LogP contribution in [-0.4, -0.2) is 26.8 Å². The molecule has 0 saturated heterocycles. The summed E-state index contributed by atoms with van der Waals surface area (Å²) in [7, 11) is 0. The minimum absolute atomic E-state index is 0.00187. The predicted octanol–water partition coefficient (Wildman–Crippen LogP) is 2.94. The van der Waals surface area contributed by atoms with Crippen LogP contribution in [0.25, 0.3) is 0 Å². The van der Waals surface area contributed by atoms with Gasteiger partial charge in [-0.15, -0.1) is 0 Å². The number of hydrogen-bond donors (Lipinski definition) is 1. The molecule has 19 heavy (non-hydrogen) atoms. The van der Waals surface area contributed by atoms with Crippen molar-refractivity contribution in [1.29, 1.82) is 0 Å². The summed E-state index contributed by atoms with van der Waals surface area (Å²) in [5.74, 6) is -0.759. The molecule has 0 bridgehead atoms. The van der Waals surface area contributed by atoms with Gasteiger partial charge >= 0.3 is 12.1 Å². The first-order valence-electron chi connectivity index (χ1n) is 5.67. The molecule has 1 saturated carbocycles. The van der Waals surface area contributed by atoms with Crippen molar-refractivity contribution in [3.05, 3.63) is 17.5 Å². The summed E-state index contributed by atoms with van der Waals surface area (Å²) in [5.41, 5.74) is -0.553. The highest BCUT2D eigenvalue weighted by Crippen LogP contribution is 2.41. The number of thioether (sulfide) groups is 1. The van der Waals surface area contributed by atoms with Crippen molar-refractivity contribution < 1.29 is 23.1 Å². The minimum atomic E-state index is -4.51. The van der Waals surface area contributed by atoms with Crippen LogP contribution in [-0.2, 0) is 11.0 Å². The van der Waals surface area contributed by atoms with E-state index < -0.39 is 17.8 Å². The van der Waals surface area contributed by atoms with Crippen LogP contribution in [0, 0.1) is 0 Å². The van der Waals surface area contributed by atoms with Crippen LogP contribution in [0.4, 0.5) is 13.2 Å². The molecule has 0 aliphatic heterocycles. The Labute approximate surface area is 111 Å². The molecule has 0 atom stereocenters. The van der Waals surface area contributed by atoms with Crippen molar-refractivity contribution in [2.24, 2.45) is 0 Å². The van der Waals surface area contributed by atoms with Gasteiger partial charge in [0.1, 0.15) is 5.69 Å². The molecule has 2 rings (SSSR count). The van der Waals surface area contributed by atoms with E-state index in [-0.39, 0.29) is 23.2 Å². The van der Waals surface area contributed by atoms with Crippen LogP contribution in [0.15, 0.2) is 11.2 Å². The van der Waals surface area contributed by atoms with E-state index in [1.165, 1.54) is 0 Å². The fourth-order valence-electron chi connectivity index (χ4n) is 1.47. The number of halogens is 3. The largest absolute Gasteiger partial charge is 0.481 e. The molecule has 1 aromatic rings. The molecular weight excluding hydrogens is 281 g/mol. The summed E-state index contributed by atoms with van der Waals surface area (Å²) in [6, 6.07) is 0.985. The maximum atomic E-state index is 12.7.